The van der Waals surface area contributed by atoms with Crippen molar-refractivity contribution < 1.29 is 14.3 Å². The summed E-state index contributed by atoms with van der Waals surface area (Å²) < 4.78 is 13.2. The van der Waals surface area contributed by atoms with Crippen molar-refractivity contribution >= 4 is 5.91 Å². The van der Waals surface area contributed by atoms with Gasteiger partial charge in [0.15, 0.2) is 0 Å². The van der Waals surface area contributed by atoms with Crippen LogP contribution >= 0.6 is 0 Å². The first kappa shape index (κ1) is 17.5. The molecule has 0 saturated heterocycles. The Kier molecular flexibility index (Phi) is 5.43. The molecule has 0 bridgehead atoms. The maximum absolute atomic E-state index is 13.2. The van der Waals surface area contributed by atoms with E-state index in [1.807, 2.05) is 18.2 Å². The number of halogens is 1. The molecule has 1 aliphatic carbocycles. The Morgan fingerprint density at radius 3 is 2.56 bits per heavy atom. The lowest BCUT2D eigenvalue weighted by atomic mass is 9.92. The second-order valence-corrected chi connectivity index (χ2v) is 6.78. The highest BCUT2D eigenvalue weighted by atomic mass is 19.1. The van der Waals surface area contributed by atoms with Crippen LogP contribution in [0.5, 0.6) is 0 Å². The summed E-state index contributed by atoms with van der Waals surface area (Å²) in [7, 11) is 0. The van der Waals surface area contributed by atoms with E-state index >= 15 is 0 Å². The second kappa shape index (κ2) is 7.74. The van der Waals surface area contributed by atoms with Gasteiger partial charge in [-0.05, 0) is 42.7 Å². The van der Waals surface area contributed by atoms with Gasteiger partial charge in [-0.1, -0.05) is 31.0 Å². The predicted octanol–water partition coefficient (Wildman–Crippen LogP) is 2.97. The molecular weight excluding hydrogens is 319 g/mol. The Bertz CT molecular complexity index is 697. The highest BCUT2D eigenvalue weighted by molar-refractivity contribution is 5.84. The summed E-state index contributed by atoms with van der Waals surface area (Å²) in [4.78, 5) is 17.1. The summed E-state index contributed by atoms with van der Waals surface area (Å²) in [6.45, 7) is 0.256. The maximum Gasteiger partial charge on any atom is 0.228 e. The van der Waals surface area contributed by atoms with Gasteiger partial charge in [-0.15, -0.1) is 0 Å². The molecule has 0 aliphatic heterocycles. The van der Waals surface area contributed by atoms with E-state index in [1.54, 1.807) is 18.3 Å². The zero-order valence-corrected chi connectivity index (χ0v) is 14.1. The van der Waals surface area contributed by atoms with E-state index < -0.39 is 11.5 Å². The molecule has 4 nitrogen and oxygen atoms in total. The molecule has 0 spiro atoms. The molecular formula is C20H23FN2O2. The van der Waals surface area contributed by atoms with E-state index in [0.29, 0.717) is 19.3 Å². The van der Waals surface area contributed by atoms with Crippen LogP contribution in [-0.2, 0) is 11.2 Å². The minimum absolute atomic E-state index is 0.169. The second-order valence-electron chi connectivity index (χ2n) is 6.78. The average molecular weight is 342 g/mol. The molecule has 3 rings (SSSR count). The maximum atomic E-state index is 13.2. The van der Waals surface area contributed by atoms with Gasteiger partial charge >= 0.3 is 0 Å². The minimum Gasteiger partial charge on any atom is -0.388 e. The zero-order chi connectivity index (χ0) is 17.7. The fourth-order valence-corrected chi connectivity index (χ4v) is 3.37. The lowest BCUT2D eigenvalue weighted by Gasteiger charge is -2.24. The van der Waals surface area contributed by atoms with E-state index in [0.717, 1.165) is 24.1 Å². The van der Waals surface area contributed by atoms with Crippen molar-refractivity contribution in [1.29, 1.82) is 0 Å². The Morgan fingerprint density at radius 2 is 1.92 bits per heavy atom. The van der Waals surface area contributed by atoms with Crippen LogP contribution in [0.15, 0.2) is 48.7 Å². The summed E-state index contributed by atoms with van der Waals surface area (Å²) in [5.41, 5.74) is 0.739. The van der Waals surface area contributed by atoms with Crippen molar-refractivity contribution in [2.75, 3.05) is 6.54 Å². The third kappa shape index (κ3) is 4.63. The Morgan fingerprint density at radius 1 is 1.20 bits per heavy atom. The van der Waals surface area contributed by atoms with Gasteiger partial charge in [-0.2, -0.15) is 0 Å². The van der Waals surface area contributed by atoms with Crippen LogP contribution in [0.25, 0.3) is 0 Å². The van der Waals surface area contributed by atoms with Gasteiger partial charge < -0.3 is 10.4 Å². The number of carbonyl (C=O) groups is 1. The largest absolute Gasteiger partial charge is 0.388 e. The summed E-state index contributed by atoms with van der Waals surface area (Å²) >= 11 is 0. The molecule has 5 heteroatoms. The molecule has 2 aromatic rings. The number of nitrogens with one attached hydrogen (secondary N) is 1. The molecule has 25 heavy (non-hydrogen) atoms. The fourth-order valence-electron chi connectivity index (χ4n) is 3.37. The zero-order valence-electron chi connectivity index (χ0n) is 14.1. The third-order valence-electron chi connectivity index (χ3n) is 4.85. The molecule has 1 heterocycles. The molecule has 1 aliphatic rings. The van der Waals surface area contributed by atoms with Crippen LogP contribution in [0.4, 0.5) is 4.39 Å². The number of rotatable bonds is 6. The molecule has 0 radical (unpaired) electrons. The highest BCUT2D eigenvalue weighted by Crippen LogP contribution is 2.29. The first-order valence-electron chi connectivity index (χ1n) is 8.71. The van der Waals surface area contributed by atoms with Crippen LogP contribution in [0.2, 0.25) is 0 Å². The van der Waals surface area contributed by atoms with Gasteiger partial charge in [0.05, 0.1) is 11.5 Å². The smallest absolute Gasteiger partial charge is 0.228 e. The Labute approximate surface area is 147 Å². The van der Waals surface area contributed by atoms with Crippen molar-refractivity contribution in [1.82, 2.24) is 10.3 Å². The molecule has 1 saturated carbocycles. The molecule has 1 fully saturated rings. The average Bonchev–Trinajstić information content (AvgIpc) is 3.06. The molecule has 132 valence electrons. The van der Waals surface area contributed by atoms with Crippen molar-refractivity contribution in [3.8, 4) is 0 Å². The Hall–Kier alpha value is -2.27. The normalized spacial score (nSPS) is 17.2. The van der Waals surface area contributed by atoms with Gasteiger partial charge in [0.1, 0.15) is 5.82 Å². The molecule has 2 N–H and O–H groups in total. The van der Waals surface area contributed by atoms with E-state index in [1.165, 1.54) is 12.1 Å². The standard InChI is InChI=1S/C20H23FN2O2/c21-16-8-6-15(7-9-16)18(13-17-5-1-4-12-22-17)19(24)23-14-20(25)10-2-3-11-20/h1,4-9,12,18,25H,2-3,10-11,13-14H2,(H,23,24). The van der Waals surface area contributed by atoms with E-state index in [4.69, 9.17) is 0 Å². The summed E-state index contributed by atoms with van der Waals surface area (Å²) in [6, 6.07) is 11.6. The van der Waals surface area contributed by atoms with Crippen LogP contribution < -0.4 is 5.32 Å². The number of aromatic nitrogens is 1. The lowest BCUT2D eigenvalue weighted by molar-refractivity contribution is -0.123. The summed E-state index contributed by atoms with van der Waals surface area (Å²) in [6.07, 6.45) is 5.53. The molecule has 1 aromatic heterocycles. The number of benzene rings is 1. The van der Waals surface area contributed by atoms with Gasteiger partial charge in [0, 0.05) is 24.9 Å². The number of hydrogen-bond donors (Lipinski definition) is 2. The number of nitrogens with zero attached hydrogens (tertiary/aromatic N) is 1. The topological polar surface area (TPSA) is 62.2 Å². The molecule has 1 amide bonds. The summed E-state index contributed by atoms with van der Waals surface area (Å²) in [5, 5.41) is 13.3. The van der Waals surface area contributed by atoms with Crippen molar-refractivity contribution in [2.24, 2.45) is 0 Å². The third-order valence-corrected chi connectivity index (χ3v) is 4.85. The van der Waals surface area contributed by atoms with Crippen molar-refractivity contribution in [3.63, 3.8) is 0 Å². The van der Waals surface area contributed by atoms with Crippen LogP contribution in [-0.4, -0.2) is 28.1 Å². The highest BCUT2D eigenvalue weighted by Gasteiger charge is 2.32. The molecule has 1 unspecified atom stereocenters. The van der Waals surface area contributed by atoms with Crippen LogP contribution in [0.1, 0.15) is 42.9 Å². The number of carbonyl (C=O) groups excluding carboxylic acids is 1. The molecule has 1 atom stereocenters. The van der Waals surface area contributed by atoms with Crippen LogP contribution in [0.3, 0.4) is 0 Å². The lowest BCUT2D eigenvalue weighted by Crippen LogP contribution is -2.42. The van der Waals surface area contributed by atoms with E-state index in [9.17, 15) is 14.3 Å². The van der Waals surface area contributed by atoms with Crippen molar-refractivity contribution in [2.45, 2.75) is 43.6 Å². The molecule has 1 aromatic carbocycles. The minimum atomic E-state index is -0.798. The quantitative estimate of drug-likeness (QED) is 0.848. The Balaban J connectivity index is 1.75. The predicted molar refractivity (Wildman–Crippen MR) is 93.5 cm³/mol. The van der Waals surface area contributed by atoms with Crippen molar-refractivity contribution in [3.05, 3.63) is 65.7 Å². The number of amides is 1. The van der Waals surface area contributed by atoms with Gasteiger partial charge in [0.25, 0.3) is 0 Å². The first-order valence-corrected chi connectivity index (χ1v) is 8.71. The van der Waals surface area contributed by atoms with Gasteiger partial charge in [-0.25, -0.2) is 4.39 Å². The first-order chi connectivity index (χ1) is 12.1. The van der Waals surface area contributed by atoms with Gasteiger partial charge in [-0.3, -0.25) is 9.78 Å². The number of aliphatic hydroxyl groups is 1. The fraction of sp³-hybridized carbons (Fsp3) is 0.400. The van der Waals surface area contributed by atoms with E-state index in [2.05, 4.69) is 10.3 Å². The monoisotopic (exact) mass is 342 g/mol. The van der Waals surface area contributed by atoms with Gasteiger partial charge in [0.2, 0.25) is 5.91 Å². The number of pyridine rings is 1. The summed E-state index contributed by atoms with van der Waals surface area (Å²) in [5.74, 6) is -0.973. The van der Waals surface area contributed by atoms with E-state index in [-0.39, 0.29) is 18.3 Å². The van der Waals surface area contributed by atoms with Crippen LogP contribution in [0, 0.1) is 5.82 Å². The number of hydrogen-bond acceptors (Lipinski definition) is 3. The SMILES string of the molecule is O=C(NCC1(O)CCCC1)C(Cc1ccccn1)c1ccc(F)cc1.